The summed E-state index contributed by atoms with van der Waals surface area (Å²) in [5, 5.41) is 9.06. The Labute approximate surface area is 113 Å². The summed E-state index contributed by atoms with van der Waals surface area (Å²) in [6.45, 7) is 1.76. The minimum atomic E-state index is -4.51. The zero-order valence-corrected chi connectivity index (χ0v) is 11.2. The Hall–Kier alpha value is -2.03. The molecule has 4 N–H and O–H groups in total. The van der Waals surface area contributed by atoms with Gasteiger partial charge in [0.05, 0.1) is 11.8 Å². The first-order chi connectivity index (χ1) is 9.19. The molecule has 1 aliphatic heterocycles. The topological polar surface area (TPSA) is 80.3 Å². The predicted molar refractivity (Wildman–Crippen MR) is 67.6 cm³/mol. The maximum atomic E-state index is 12.8. The molecule has 1 atom stereocenters. The summed E-state index contributed by atoms with van der Waals surface area (Å²) in [6.07, 6.45) is -2.31. The number of allylic oxidation sites excluding steroid dienone is 1. The molecule has 1 aromatic rings. The number of nitrogens with two attached hydrogens (primary N) is 1. The van der Waals surface area contributed by atoms with Crippen molar-refractivity contribution in [3.63, 3.8) is 0 Å². The van der Waals surface area contributed by atoms with Crippen LogP contribution in [0.3, 0.4) is 0 Å². The Kier molecular flexibility index (Phi) is 3.24. The molecule has 20 heavy (non-hydrogen) atoms. The van der Waals surface area contributed by atoms with E-state index in [4.69, 9.17) is 5.73 Å². The Bertz CT molecular complexity index is 585. The van der Waals surface area contributed by atoms with E-state index < -0.39 is 17.5 Å². The van der Waals surface area contributed by atoms with Crippen molar-refractivity contribution >= 4 is 6.21 Å². The fourth-order valence-corrected chi connectivity index (χ4v) is 1.94. The number of aromatic nitrogens is 2. The van der Waals surface area contributed by atoms with E-state index in [0.717, 1.165) is 6.21 Å². The summed E-state index contributed by atoms with van der Waals surface area (Å²) in [5.41, 5.74) is 6.38. The van der Waals surface area contributed by atoms with Gasteiger partial charge in [-0.25, -0.2) is 4.99 Å². The van der Waals surface area contributed by atoms with Crippen molar-refractivity contribution in [3.8, 4) is 0 Å². The van der Waals surface area contributed by atoms with Crippen LogP contribution in [0.4, 0.5) is 13.2 Å². The van der Waals surface area contributed by atoms with Crippen LogP contribution in [0.2, 0.25) is 0 Å². The van der Waals surface area contributed by atoms with Gasteiger partial charge in [-0.05, 0) is 6.92 Å². The van der Waals surface area contributed by atoms with Crippen LogP contribution in [0, 0.1) is 6.92 Å². The lowest BCUT2D eigenvalue weighted by Gasteiger charge is -2.33. The normalized spacial score (nSPS) is 22.9. The summed E-state index contributed by atoms with van der Waals surface area (Å²) in [5.74, 6) is -1.70. The lowest BCUT2D eigenvalue weighted by Crippen LogP contribution is -2.54. The quantitative estimate of drug-likeness (QED) is 0.739. The van der Waals surface area contributed by atoms with Crippen LogP contribution in [-0.4, -0.2) is 29.2 Å². The van der Waals surface area contributed by atoms with Crippen molar-refractivity contribution < 1.29 is 13.2 Å². The average molecular weight is 288 g/mol. The number of aliphatic imine (C=N–C) groups is 1. The molecule has 0 saturated carbocycles. The van der Waals surface area contributed by atoms with Gasteiger partial charge in [-0.1, -0.05) is 0 Å². The zero-order valence-electron chi connectivity index (χ0n) is 11.2. The monoisotopic (exact) mass is 288 g/mol. The number of nitrogens with one attached hydrogen (secondary N) is 2. The van der Waals surface area contributed by atoms with E-state index in [1.807, 2.05) is 0 Å². The molecule has 0 radical (unpaired) electrons. The van der Waals surface area contributed by atoms with Crippen molar-refractivity contribution in [2.45, 2.75) is 18.9 Å². The molecule has 2 heterocycles. The second-order valence-corrected chi connectivity index (χ2v) is 4.45. The fraction of sp³-hybridized carbons (Fsp3) is 0.455. The molecular formula is C11H15F3N6. The second-order valence-electron chi connectivity index (χ2n) is 4.45. The molecule has 110 valence electrons. The molecule has 1 aromatic heterocycles. The smallest absolute Gasteiger partial charge is 0.374 e. The molecule has 2 rings (SSSR count). The van der Waals surface area contributed by atoms with E-state index in [1.54, 1.807) is 18.7 Å². The molecule has 9 heteroatoms. The Balaban J connectivity index is 2.44. The highest BCUT2D eigenvalue weighted by Gasteiger charge is 2.42. The van der Waals surface area contributed by atoms with E-state index in [1.165, 1.54) is 13.2 Å². The Morgan fingerprint density at radius 1 is 1.45 bits per heavy atom. The van der Waals surface area contributed by atoms with Gasteiger partial charge in [0.25, 0.3) is 0 Å². The first-order valence-corrected chi connectivity index (χ1v) is 5.79. The molecule has 0 saturated heterocycles. The van der Waals surface area contributed by atoms with Crippen LogP contribution in [0.15, 0.2) is 22.6 Å². The molecule has 1 unspecified atom stereocenters. The highest BCUT2D eigenvalue weighted by molar-refractivity contribution is 5.82. The van der Waals surface area contributed by atoms with Gasteiger partial charge in [0.2, 0.25) is 5.79 Å². The van der Waals surface area contributed by atoms with E-state index in [2.05, 4.69) is 20.7 Å². The summed E-state index contributed by atoms with van der Waals surface area (Å²) < 4.78 is 40.1. The summed E-state index contributed by atoms with van der Waals surface area (Å²) in [7, 11) is 3.09. The van der Waals surface area contributed by atoms with E-state index in [9.17, 15) is 13.2 Å². The third kappa shape index (κ3) is 2.24. The number of alkyl halides is 3. The lowest BCUT2D eigenvalue weighted by molar-refractivity contribution is -0.0875. The first kappa shape index (κ1) is 14.4. The molecule has 6 nitrogen and oxygen atoms in total. The first-order valence-electron chi connectivity index (χ1n) is 5.79. The molecule has 0 aromatic carbocycles. The minimum Gasteiger partial charge on any atom is -0.374 e. The molecule has 1 aliphatic rings. The van der Waals surface area contributed by atoms with Gasteiger partial charge in [-0.2, -0.15) is 18.3 Å². The van der Waals surface area contributed by atoms with Gasteiger partial charge in [0.15, 0.2) is 0 Å². The fourth-order valence-electron chi connectivity index (χ4n) is 1.94. The number of hydrogen-bond acceptors (Lipinski definition) is 5. The molecule has 0 spiro atoms. The van der Waals surface area contributed by atoms with Crippen LogP contribution in [-0.2, 0) is 12.8 Å². The third-order valence-corrected chi connectivity index (χ3v) is 3.18. The van der Waals surface area contributed by atoms with Gasteiger partial charge < -0.3 is 10.6 Å². The van der Waals surface area contributed by atoms with E-state index in [-0.39, 0.29) is 5.82 Å². The van der Waals surface area contributed by atoms with E-state index in [0.29, 0.717) is 11.3 Å². The highest BCUT2D eigenvalue weighted by Crippen LogP contribution is 2.31. The van der Waals surface area contributed by atoms with Gasteiger partial charge in [-0.15, -0.1) is 0 Å². The zero-order chi connectivity index (χ0) is 15.1. The van der Waals surface area contributed by atoms with Crippen molar-refractivity contribution in [2.75, 3.05) is 7.05 Å². The van der Waals surface area contributed by atoms with Gasteiger partial charge in [0, 0.05) is 26.0 Å². The Morgan fingerprint density at radius 2 is 2.10 bits per heavy atom. The van der Waals surface area contributed by atoms with Crippen molar-refractivity contribution in [1.29, 1.82) is 0 Å². The van der Waals surface area contributed by atoms with Crippen LogP contribution in [0.5, 0.6) is 0 Å². The molecule has 0 aliphatic carbocycles. The standard InChI is InChI=1S/C11H15F3N6/c1-6-7(5-18-20(6)3)11(15)17-4-8(10(12,13)14)9(16-2)19-11/h4-5,16,19H,15H2,1-3H3. The largest absolute Gasteiger partial charge is 0.421 e. The maximum absolute atomic E-state index is 12.8. The number of nitrogens with zero attached hydrogens (tertiary/aromatic N) is 3. The lowest BCUT2D eigenvalue weighted by atomic mass is 10.1. The van der Waals surface area contributed by atoms with Crippen LogP contribution in [0.1, 0.15) is 11.3 Å². The highest BCUT2D eigenvalue weighted by atomic mass is 19.4. The average Bonchev–Trinajstić information content (AvgIpc) is 2.69. The third-order valence-electron chi connectivity index (χ3n) is 3.18. The number of aryl methyl sites for hydroxylation is 1. The van der Waals surface area contributed by atoms with Crippen molar-refractivity contribution in [1.82, 2.24) is 20.4 Å². The Morgan fingerprint density at radius 3 is 2.55 bits per heavy atom. The molecule has 0 bridgehead atoms. The predicted octanol–water partition coefficient (Wildman–Crippen LogP) is 0.465. The molecular weight excluding hydrogens is 273 g/mol. The number of halogens is 3. The van der Waals surface area contributed by atoms with E-state index >= 15 is 0 Å². The SMILES string of the molecule is CNC1=C(C(F)(F)F)C=NC(N)(c2cnn(C)c2C)N1. The van der Waals surface area contributed by atoms with Gasteiger partial charge in [0.1, 0.15) is 11.4 Å². The summed E-state index contributed by atoms with van der Waals surface area (Å²) >= 11 is 0. The molecule has 0 amide bonds. The van der Waals surface area contributed by atoms with Crippen molar-refractivity contribution in [2.24, 2.45) is 17.8 Å². The number of rotatable bonds is 2. The molecule has 0 fully saturated rings. The van der Waals surface area contributed by atoms with Crippen LogP contribution >= 0.6 is 0 Å². The van der Waals surface area contributed by atoms with Gasteiger partial charge >= 0.3 is 6.18 Å². The van der Waals surface area contributed by atoms with Gasteiger partial charge in [-0.3, -0.25) is 10.4 Å². The van der Waals surface area contributed by atoms with Crippen LogP contribution < -0.4 is 16.4 Å². The second kappa shape index (κ2) is 4.51. The maximum Gasteiger partial charge on any atom is 0.421 e. The number of hydrogen-bond donors (Lipinski definition) is 3. The van der Waals surface area contributed by atoms with Crippen molar-refractivity contribution in [3.05, 3.63) is 28.8 Å². The summed E-state index contributed by atoms with van der Waals surface area (Å²) in [4.78, 5) is 3.82. The van der Waals surface area contributed by atoms with Crippen LogP contribution in [0.25, 0.3) is 0 Å². The summed E-state index contributed by atoms with van der Waals surface area (Å²) in [6, 6.07) is 0. The minimum absolute atomic E-state index is 0.224.